The van der Waals surface area contributed by atoms with Crippen molar-refractivity contribution in [2.24, 2.45) is 5.41 Å². The Kier molecular flexibility index (Phi) is 7.32. The van der Waals surface area contributed by atoms with Crippen molar-refractivity contribution >= 4 is 0 Å². The van der Waals surface area contributed by atoms with Crippen molar-refractivity contribution in [3.8, 4) is 0 Å². The second-order valence-corrected chi connectivity index (χ2v) is 7.06. The van der Waals surface area contributed by atoms with Gasteiger partial charge in [-0.1, -0.05) is 19.8 Å². The molecule has 1 N–H and O–H groups in total. The molecule has 3 heteroatoms. The third kappa shape index (κ3) is 6.11. The number of ether oxygens (including phenoxy) is 1. The van der Waals surface area contributed by atoms with Crippen molar-refractivity contribution in [2.45, 2.75) is 58.3 Å². The molecule has 2 fully saturated rings. The average Bonchev–Trinajstić information content (AvgIpc) is 2.72. The Morgan fingerprint density at radius 3 is 2.40 bits per heavy atom. The maximum absolute atomic E-state index is 5.45. The van der Waals surface area contributed by atoms with Crippen LogP contribution in [0, 0.1) is 5.41 Å². The van der Waals surface area contributed by atoms with E-state index in [1.807, 2.05) is 0 Å². The zero-order chi connectivity index (χ0) is 14.1. The summed E-state index contributed by atoms with van der Waals surface area (Å²) in [5, 5.41) is 3.67. The second kappa shape index (κ2) is 9.01. The van der Waals surface area contributed by atoms with E-state index >= 15 is 0 Å². The molecule has 3 nitrogen and oxygen atoms in total. The number of hydrogen-bond acceptors (Lipinski definition) is 3. The van der Waals surface area contributed by atoms with Gasteiger partial charge in [0.05, 0.1) is 0 Å². The Hall–Kier alpha value is -0.120. The van der Waals surface area contributed by atoms with Crippen LogP contribution in [0.2, 0.25) is 0 Å². The summed E-state index contributed by atoms with van der Waals surface area (Å²) in [6, 6.07) is 0. The van der Waals surface area contributed by atoms with E-state index < -0.39 is 0 Å². The minimum atomic E-state index is 0.475. The topological polar surface area (TPSA) is 24.5 Å². The van der Waals surface area contributed by atoms with Crippen LogP contribution in [0.1, 0.15) is 58.3 Å². The van der Waals surface area contributed by atoms with Crippen LogP contribution < -0.4 is 5.32 Å². The number of rotatable bonds is 7. The van der Waals surface area contributed by atoms with Crippen molar-refractivity contribution in [3.63, 3.8) is 0 Å². The van der Waals surface area contributed by atoms with E-state index in [0.29, 0.717) is 5.41 Å². The maximum Gasteiger partial charge on any atom is 0.0471 e. The molecule has 0 aromatic heterocycles. The number of hydrogen-bond donors (Lipinski definition) is 1. The number of unbranched alkanes of at least 4 members (excludes halogenated alkanes) is 1. The molecular weight excluding hydrogens is 248 g/mol. The minimum Gasteiger partial charge on any atom is -0.381 e. The maximum atomic E-state index is 5.45. The Morgan fingerprint density at radius 2 is 1.70 bits per heavy atom. The first-order valence-corrected chi connectivity index (χ1v) is 8.79. The van der Waals surface area contributed by atoms with Gasteiger partial charge in [0.15, 0.2) is 0 Å². The van der Waals surface area contributed by atoms with Crippen LogP contribution in [0.3, 0.4) is 0 Å². The summed E-state index contributed by atoms with van der Waals surface area (Å²) in [6.45, 7) is 10.6. The van der Waals surface area contributed by atoms with Crippen LogP contribution in [0.25, 0.3) is 0 Å². The van der Waals surface area contributed by atoms with E-state index in [4.69, 9.17) is 4.74 Å². The van der Waals surface area contributed by atoms with Gasteiger partial charge in [0.2, 0.25) is 0 Å². The molecule has 0 aromatic carbocycles. The van der Waals surface area contributed by atoms with Gasteiger partial charge in [-0.25, -0.2) is 0 Å². The zero-order valence-corrected chi connectivity index (χ0v) is 13.5. The van der Waals surface area contributed by atoms with Crippen LogP contribution >= 0.6 is 0 Å². The van der Waals surface area contributed by atoms with E-state index in [-0.39, 0.29) is 0 Å². The molecule has 118 valence electrons. The van der Waals surface area contributed by atoms with E-state index in [2.05, 4.69) is 17.1 Å². The smallest absolute Gasteiger partial charge is 0.0471 e. The minimum absolute atomic E-state index is 0.475. The third-order valence-electron chi connectivity index (χ3n) is 5.03. The molecule has 0 unspecified atom stereocenters. The summed E-state index contributed by atoms with van der Waals surface area (Å²) >= 11 is 0. The van der Waals surface area contributed by atoms with Gasteiger partial charge >= 0.3 is 0 Å². The SMILES string of the molecule is CC1(CNCCCCN2CCCCCC2)CCOCC1. The number of nitrogens with zero attached hydrogens (tertiary/aromatic N) is 1. The highest BCUT2D eigenvalue weighted by molar-refractivity contribution is 4.79. The molecule has 0 atom stereocenters. The third-order valence-corrected chi connectivity index (χ3v) is 5.03. The lowest BCUT2D eigenvalue weighted by Crippen LogP contribution is -2.37. The normalized spacial score (nSPS) is 24.4. The first-order valence-electron chi connectivity index (χ1n) is 8.79. The van der Waals surface area contributed by atoms with Gasteiger partial charge in [0, 0.05) is 19.8 Å². The fraction of sp³-hybridized carbons (Fsp3) is 1.00. The van der Waals surface area contributed by atoms with Crippen molar-refractivity contribution in [1.82, 2.24) is 10.2 Å². The fourth-order valence-electron chi connectivity index (χ4n) is 3.38. The second-order valence-electron chi connectivity index (χ2n) is 7.06. The van der Waals surface area contributed by atoms with Crippen molar-refractivity contribution < 1.29 is 4.74 Å². The molecule has 2 aliphatic heterocycles. The Morgan fingerprint density at radius 1 is 1.00 bits per heavy atom. The largest absolute Gasteiger partial charge is 0.381 e. The van der Waals surface area contributed by atoms with Crippen LogP contribution in [0.15, 0.2) is 0 Å². The van der Waals surface area contributed by atoms with E-state index in [9.17, 15) is 0 Å². The highest BCUT2D eigenvalue weighted by Crippen LogP contribution is 2.28. The predicted octanol–water partition coefficient (Wildman–Crippen LogP) is 3.05. The monoisotopic (exact) mass is 282 g/mol. The summed E-state index contributed by atoms with van der Waals surface area (Å²) in [4.78, 5) is 2.67. The van der Waals surface area contributed by atoms with Gasteiger partial charge in [-0.3, -0.25) is 0 Å². The first kappa shape index (κ1) is 16.3. The molecule has 0 radical (unpaired) electrons. The molecule has 0 aliphatic carbocycles. The summed E-state index contributed by atoms with van der Waals surface area (Å²) in [6.07, 6.45) is 10.8. The molecule has 0 spiro atoms. The van der Waals surface area contributed by atoms with Crippen LogP contribution in [-0.2, 0) is 4.74 Å². The number of nitrogens with one attached hydrogen (secondary N) is 1. The molecule has 2 rings (SSSR count). The van der Waals surface area contributed by atoms with Gasteiger partial charge < -0.3 is 15.0 Å². The van der Waals surface area contributed by atoms with Gasteiger partial charge in [-0.15, -0.1) is 0 Å². The van der Waals surface area contributed by atoms with Gasteiger partial charge in [-0.05, 0) is 70.1 Å². The van der Waals surface area contributed by atoms with Crippen molar-refractivity contribution in [1.29, 1.82) is 0 Å². The lowest BCUT2D eigenvalue weighted by molar-refractivity contribution is 0.0242. The molecular formula is C17H34N2O. The summed E-state index contributed by atoms with van der Waals surface area (Å²) in [5.41, 5.74) is 0.475. The van der Waals surface area contributed by atoms with Gasteiger partial charge in [0.25, 0.3) is 0 Å². The van der Waals surface area contributed by atoms with E-state index in [0.717, 1.165) is 13.2 Å². The Balaban J connectivity index is 1.46. The van der Waals surface area contributed by atoms with E-state index in [1.54, 1.807) is 0 Å². The molecule has 20 heavy (non-hydrogen) atoms. The lowest BCUT2D eigenvalue weighted by Gasteiger charge is -2.33. The summed E-state index contributed by atoms with van der Waals surface area (Å²) < 4.78 is 5.45. The lowest BCUT2D eigenvalue weighted by atomic mass is 9.82. The van der Waals surface area contributed by atoms with Crippen molar-refractivity contribution in [2.75, 3.05) is 45.9 Å². The first-order chi connectivity index (χ1) is 9.79. The highest BCUT2D eigenvalue weighted by atomic mass is 16.5. The fourth-order valence-corrected chi connectivity index (χ4v) is 3.38. The van der Waals surface area contributed by atoms with Crippen molar-refractivity contribution in [3.05, 3.63) is 0 Å². The van der Waals surface area contributed by atoms with Crippen LogP contribution in [0.5, 0.6) is 0 Å². The predicted molar refractivity (Wildman–Crippen MR) is 85.2 cm³/mol. The molecule has 2 aliphatic rings. The van der Waals surface area contributed by atoms with E-state index in [1.165, 1.54) is 84.1 Å². The van der Waals surface area contributed by atoms with Gasteiger partial charge in [-0.2, -0.15) is 0 Å². The average molecular weight is 282 g/mol. The van der Waals surface area contributed by atoms with Crippen LogP contribution in [-0.4, -0.2) is 50.8 Å². The molecule has 2 heterocycles. The zero-order valence-electron chi connectivity index (χ0n) is 13.5. The van der Waals surface area contributed by atoms with Gasteiger partial charge in [0.1, 0.15) is 0 Å². The summed E-state index contributed by atoms with van der Waals surface area (Å²) in [7, 11) is 0. The molecule has 0 saturated carbocycles. The molecule has 0 bridgehead atoms. The Labute approximate surface area is 125 Å². The quantitative estimate of drug-likeness (QED) is 0.726. The summed E-state index contributed by atoms with van der Waals surface area (Å²) in [5.74, 6) is 0. The van der Waals surface area contributed by atoms with Crippen LogP contribution in [0.4, 0.5) is 0 Å². The number of likely N-dealkylation sites (tertiary alicyclic amines) is 1. The standard InChI is InChI=1S/C17H34N2O/c1-17(8-14-20-15-9-17)16-18-10-4-7-13-19-11-5-2-3-6-12-19/h18H,2-16H2,1H3. The molecule has 2 saturated heterocycles. The Bertz CT molecular complexity index is 243. The molecule has 0 amide bonds. The molecule has 0 aromatic rings. The highest BCUT2D eigenvalue weighted by Gasteiger charge is 2.26.